The van der Waals surface area contributed by atoms with E-state index >= 15 is 0 Å². The van der Waals surface area contributed by atoms with E-state index in [1.807, 2.05) is 13.8 Å². The Morgan fingerprint density at radius 1 is 0.929 bits per heavy atom. The molecule has 2 rings (SSSR count). The molecule has 1 aromatic carbocycles. The molecule has 6 nitrogen and oxygen atoms in total. The van der Waals surface area contributed by atoms with Gasteiger partial charge in [-0.25, -0.2) is 0 Å². The fraction of sp³-hybridized carbons (Fsp3) is 0.524. The Morgan fingerprint density at radius 3 is 1.61 bits per heavy atom. The molecular weight excluding hydrogens is 388 g/mol. The number of nitrogens with zero attached hydrogens (tertiary/aromatic N) is 2. The number of carbonyl (C=O) groups excluding carboxylic acids is 2. The van der Waals surface area contributed by atoms with Crippen molar-refractivity contribution in [1.29, 1.82) is 0 Å². The Labute approximate surface area is 183 Å². The molecule has 4 N–H and O–H groups in total. The zero-order chi connectivity index (χ0) is 22.4. The Balaban J connectivity index is -0.000000306. The molecule has 0 saturated heterocycles. The van der Waals surface area contributed by atoms with Crippen molar-refractivity contribution in [2.45, 2.75) is 43.8 Å². The third kappa shape index (κ3) is 22.6. The van der Waals surface area contributed by atoms with Crippen LogP contribution in [0.4, 0.5) is 0 Å². The van der Waals surface area contributed by atoms with Crippen molar-refractivity contribution in [1.82, 2.24) is 0 Å². The quantitative estimate of drug-likeness (QED) is 0.708. The fourth-order valence-corrected chi connectivity index (χ4v) is 2.30. The van der Waals surface area contributed by atoms with Gasteiger partial charge in [0, 0.05) is 12.8 Å². The van der Waals surface area contributed by atoms with Gasteiger partial charge >= 0.3 is 72.2 Å². The number of allylic oxidation sites excluding steroid dienone is 1. The Bertz CT molecular complexity index is 519. The number of nitrogens with two attached hydrogens (primary N) is 2. The summed E-state index contributed by atoms with van der Waals surface area (Å²) in [6, 6.07) is 8.54. The molecule has 1 aliphatic rings. The van der Waals surface area contributed by atoms with E-state index in [0.29, 0.717) is 17.1 Å². The zero-order valence-electron chi connectivity index (χ0n) is 18.2. The zero-order valence-corrected chi connectivity index (χ0v) is 19.8. The van der Waals surface area contributed by atoms with Crippen LogP contribution < -0.4 is 11.5 Å². The second kappa shape index (κ2) is 23.6. The van der Waals surface area contributed by atoms with Gasteiger partial charge in [0.1, 0.15) is 0 Å². The van der Waals surface area contributed by atoms with Crippen molar-refractivity contribution in [2.75, 3.05) is 28.2 Å². The molecule has 0 spiro atoms. The van der Waals surface area contributed by atoms with Crippen LogP contribution >= 0.6 is 0 Å². The van der Waals surface area contributed by atoms with Crippen LogP contribution in [0.2, 0.25) is 0 Å². The van der Waals surface area contributed by atoms with E-state index in [9.17, 15) is 9.59 Å². The second-order valence-corrected chi connectivity index (χ2v) is 6.76. The fourth-order valence-electron chi connectivity index (χ4n) is 1.74. The van der Waals surface area contributed by atoms with Gasteiger partial charge in [0.15, 0.2) is 0 Å². The van der Waals surface area contributed by atoms with Crippen LogP contribution in [-0.2, 0) is 30.0 Å². The summed E-state index contributed by atoms with van der Waals surface area (Å²) in [6.07, 6.45) is 7.18. The maximum atomic E-state index is 9.82. The van der Waals surface area contributed by atoms with Crippen molar-refractivity contribution in [3.05, 3.63) is 52.1 Å². The van der Waals surface area contributed by atoms with Gasteiger partial charge in [-0.15, -0.1) is 0 Å². The topological polar surface area (TPSA) is 114 Å². The molecule has 1 atom stereocenters. The Hall–Kier alpha value is -1.47. The van der Waals surface area contributed by atoms with Gasteiger partial charge in [0.25, 0.3) is 0 Å². The van der Waals surface area contributed by atoms with Crippen molar-refractivity contribution >= 4 is 17.9 Å². The Kier molecular flexibility index (Phi) is 26.3. The summed E-state index contributed by atoms with van der Waals surface area (Å²) >= 11 is 2.22. The monoisotopic (exact) mass is 425 g/mol. The summed E-state index contributed by atoms with van der Waals surface area (Å²) in [5, 5.41) is 7.00. The minimum atomic E-state index is -0.211. The van der Waals surface area contributed by atoms with Gasteiger partial charge in [-0.2, -0.15) is 28.2 Å². The van der Waals surface area contributed by atoms with E-state index in [1.165, 1.54) is 11.1 Å². The molecule has 0 radical (unpaired) electrons. The normalized spacial score (nSPS) is 12.4. The molecule has 7 heteroatoms. The maximum absolute atomic E-state index is 9.82. The summed E-state index contributed by atoms with van der Waals surface area (Å²) in [4.78, 5) is 19.6. The van der Waals surface area contributed by atoms with Gasteiger partial charge in [0.2, 0.25) is 11.8 Å². The van der Waals surface area contributed by atoms with E-state index in [2.05, 4.69) is 67.5 Å². The molecular formula is C21H37N4O2Ti. The number of benzene rings is 1. The number of carbonyl (C=O) groups is 2. The van der Waals surface area contributed by atoms with Gasteiger partial charge in [0.05, 0.1) is 0 Å². The molecule has 1 aliphatic carbocycles. The average molecular weight is 425 g/mol. The van der Waals surface area contributed by atoms with Crippen LogP contribution in [0.5, 0.6) is 0 Å². The molecule has 0 aliphatic heterocycles. The van der Waals surface area contributed by atoms with Gasteiger partial charge < -0.3 is 22.1 Å². The SMILES string of the molecule is CCCC(N)=O.CCCC(N)=O.C[N-]C.C[N-]C.[Ti+2][CH]1C=Cc2ccccc21. The molecule has 157 valence electrons. The van der Waals surface area contributed by atoms with Crippen LogP contribution in [0.15, 0.2) is 30.3 Å². The minimum absolute atomic E-state index is 0.211. The number of rotatable bonds is 4. The molecule has 1 unspecified atom stereocenters. The van der Waals surface area contributed by atoms with Gasteiger partial charge in [-0.05, 0) is 12.8 Å². The van der Waals surface area contributed by atoms with Crippen LogP contribution in [-0.4, -0.2) is 40.0 Å². The molecule has 0 saturated carbocycles. The summed E-state index contributed by atoms with van der Waals surface area (Å²) < 4.78 is 0.621. The molecule has 1 aromatic rings. The van der Waals surface area contributed by atoms with Crippen molar-refractivity contribution in [3.63, 3.8) is 0 Å². The van der Waals surface area contributed by atoms with Crippen molar-refractivity contribution in [2.24, 2.45) is 11.5 Å². The standard InChI is InChI=1S/C9H7.2C4H9NO.2C2H6N.Ti/c1-2-5-9-7-3-6-8(9)4-1;2*1-2-3-4(5)6;2*1-3-2;/h1-7H;2*2-3H2,1H3,(H2,5,6);2*1-2H3;/q;;;2*-1;+2. The van der Waals surface area contributed by atoms with Crippen LogP contribution in [0.3, 0.4) is 0 Å². The first-order valence-corrected chi connectivity index (χ1v) is 10.2. The molecule has 0 aromatic heterocycles. The third-order valence-corrected chi connectivity index (χ3v) is 3.58. The molecule has 0 fully saturated rings. The van der Waals surface area contributed by atoms with E-state index in [-0.39, 0.29) is 11.8 Å². The molecule has 28 heavy (non-hydrogen) atoms. The van der Waals surface area contributed by atoms with Crippen LogP contribution in [0.1, 0.15) is 54.9 Å². The molecule has 0 bridgehead atoms. The van der Waals surface area contributed by atoms with E-state index in [0.717, 1.165) is 12.8 Å². The van der Waals surface area contributed by atoms with E-state index in [4.69, 9.17) is 11.5 Å². The Morgan fingerprint density at radius 2 is 1.32 bits per heavy atom. The first-order valence-electron chi connectivity index (χ1n) is 9.26. The second-order valence-electron chi connectivity index (χ2n) is 5.79. The van der Waals surface area contributed by atoms with Crippen LogP contribution in [0, 0.1) is 0 Å². The first-order chi connectivity index (χ1) is 13.2. The van der Waals surface area contributed by atoms with Gasteiger partial charge in [-0.3, -0.25) is 9.59 Å². The average Bonchev–Trinajstić information content (AvgIpc) is 2.99. The predicted octanol–water partition coefficient (Wildman–Crippen LogP) is 4.08. The summed E-state index contributed by atoms with van der Waals surface area (Å²) in [5.74, 6) is -0.421. The summed E-state index contributed by atoms with van der Waals surface area (Å²) in [6.45, 7) is 3.84. The number of hydrogen-bond donors (Lipinski definition) is 2. The number of fused-ring (bicyclic) bond motifs is 1. The van der Waals surface area contributed by atoms with Gasteiger partial charge in [-0.1, -0.05) is 13.8 Å². The number of primary amides is 2. The van der Waals surface area contributed by atoms with Crippen molar-refractivity contribution in [3.8, 4) is 0 Å². The van der Waals surface area contributed by atoms with E-state index < -0.39 is 0 Å². The summed E-state index contributed by atoms with van der Waals surface area (Å²) in [7, 11) is 7.00. The van der Waals surface area contributed by atoms with Crippen LogP contribution in [0.25, 0.3) is 16.7 Å². The van der Waals surface area contributed by atoms with E-state index in [1.54, 1.807) is 28.2 Å². The predicted molar refractivity (Wildman–Crippen MR) is 117 cm³/mol. The molecule has 2 amide bonds. The first kappa shape index (κ1) is 31.2. The number of hydrogen-bond acceptors (Lipinski definition) is 2. The number of amides is 2. The molecule has 0 heterocycles. The third-order valence-electron chi connectivity index (χ3n) is 2.79. The van der Waals surface area contributed by atoms with Crippen molar-refractivity contribution < 1.29 is 30.0 Å². The summed E-state index contributed by atoms with van der Waals surface area (Å²) in [5.41, 5.74) is 12.4.